The molecule has 0 fully saturated rings. The average Bonchev–Trinajstić information content (AvgIpc) is 3.42. The van der Waals surface area contributed by atoms with Crippen molar-refractivity contribution in [1.29, 1.82) is 0 Å². The van der Waals surface area contributed by atoms with Crippen LogP contribution in [0.15, 0.2) is 34.9 Å². The number of aromatic nitrogens is 1. The number of carbonyl (C=O) groups excluding carboxylic acids is 1. The number of amides is 1. The Morgan fingerprint density at radius 1 is 1.05 bits per heavy atom. The predicted molar refractivity (Wildman–Crippen MR) is 168 cm³/mol. The Morgan fingerprint density at radius 2 is 1.79 bits per heavy atom. The van der Waals surface area contributed by atoms with Gasteiger partial charge >= 0.3 is 0 Å². The predicted octanol–water partition coefficient (Wildman–Crippen LogP) is 6.56. The summed E-state index contributed by atoms with van der Waals surface area (Å²) in [5, 5.41) is 7.25. The second kappa shape index (κ2) is 15.2. The van der Waals surface area contributed by atoms with Crippen molar-refractivity contribution in [2.45, 2.75) is 79.2 Å². The lowest BCUT2D eigenvalue weighted by molar-refractivity contribution is 0.0947. The molecule has 0 atom stereocenters. The van der Waals surface area contributed by atoms with Gasteiger partial charge in [-0.1, -0.05) is 63.9 Å². The van der Waals surface area contributed by atoms with Gasteiger partial charge in [0.1, 0.15) is 11.5 Å². The summed E-state index contributed by atoms with van der Waals surface area (Å²) >= 11 is 0. The standard InChI is InChI=1S/C34H48N4O4/c1-6-9-17-40-29-21-30(41-18-10-7-2)28(20-27(29)23(4)5)33-31(32(37-42-33)34(39)36-8-3)25-11-12-26-22-38(16-14-35)15-13-24(26)19-25/h11-12,19-21,23H,6-10,13-18,22,35H2,1-5H3,(H,36,39). The minimum absolute atomic E-state index is 0.208. The van der Waals surface area contributed by atoms with E-state index in [4.69, 9.17) is 19.7 Å². The third kappa shape index (κ3) is 7.34. The number of rotatable bonds is 15. The highest BCUT2D eigenvalue weighted by Gasteiger charge is 2.29. The van der Waals surface area contributed by atoms with E-state index in [1.165, 1.54) is 11.1 Å². The molecule has 8 nitrogen and oxygen atoms in total. The smallest absolute Gasteiger partial charge is 0.274 e. The number of hydrogen-bond donors (Lipinski definition) is 2. The second-order valence-electron chi connectivity index (χ2n) is 11.3. The van der Waals surface area contributed by atoms with E-state index in [0.717, 1.165) is 74.2 Å². The van der Waals surface area contributed by atoms with Crippen LogP contribution >= 0.6 is 0 Å². The van der Waals surface area contributed by atoms with Gasteiger partial charge in [-0.15, -0.1) is 0 Å². The largest absolute Gasteiger partial charge is 0.493 e. The number of fused-ring (bicyclic) bond motifs is 1. The molecule has 0 aliphatic carbocycles. The summed E-state index contributed by atoms with van der Waals surface area (Å²) in [6, 6.07) is 10.5. The molecule has 3 aromatic rings. The van der Waals surface area contributed by atoms with Gasteiger partial charge in [-0.05, 0) is 60.4 Å². The lowest BCUT2D eigenvalue weighted by Gasteiger charge is -2.28. The molecule has 0 unspecified atom stereocenters. The number of ether oxygens (including phenoxy) is 2. The number of hydrogen-bond acceptors (Lipinski definition) is 7. The first kappa shape index (κ1) is 31.6. The van der Waals surface area contributed by atoms with E-state index >= 15 is 0 Å². The molecule has 1 aliphatic rings. The molecule has 2 aromatic carbocycles. The molecule has 2 heterocycles. The molecule has 0 bridgehead atoms. The van der Waals surface area contributed by atoms with Crippen LogP contribution in [-0.2, 0) is 13.0 Å². The van der Waals surface area contributed by atoms with Gasteiger partial charge in [-0.2, -0.15) is 0 Å². The van der Waals surface area contributed by atoms with Crippen molar-refractivity contribution < 1.29 is 18.8 Å². The maximum atomic E-state index is 13.3. The summed E-state index contributed by atoms with van der Waals surface area (Å²) in [6.45, 7) is 15.6. The van der Waals surface area contributed by atoms with Crippen molar-refractivity contribution in [3.05, 3.63) is 52.7 Å². The Labute approximate surface area is 250 Å². The van der Waals surface area contributed by atoms with Crippen LogP contribution in [0.5, 0.6) is 11.5 Å². The highest BCUT2D eigenvalue weighted by molar-refractivity contribution is 6.02. The maximum Gasteiger partial charge on any atom is 0.274 e. The molecular formula is C34H48N4O4. The topological polar surface area (TPSA) is 103 Å². The molecule has 0 saturated carbocycles. The van der Waals surface area contributed by atoms with Crippen molar-refractivity contribution in [2.24, 2.45) is 5.73 Å². The van der Waals surface area contributed by atoms with Crippen LogP contribution in [0, 0.1) is 0 Å². The van der Waals surface area contributed by atoms with Crippen molar-refractivity contribution in [3.8, 4) is 33.9 Å². The van der Waals surface area contributed by atoms with Crippen LogP contribution in [0.25, 0.3) is 22.5 Å². The van der Waals surface area contributed by atoms with Gasteiger partial charge in [0.25, 0.3) is 5.91 Å². The number of unbranched alkanes of at least 4 members (excludes halogenated alkanes) is 2. The van der Waals surface area contributed by atoms with Gasteiger partial charge in [0, 0.05) is 38.8 Å². The summed E-state index contributed by atoms with van der Waals surface area (Å²) < 4.78 is 18.7. The first-order chi connectivity index (χ1) is 20.4. The molecule has 1 aliphatic heterocycles. The average molecular weight is 577 g/mol. The highest BCUT2D eigenvalue weighted by atomic mass is 16.5. The summed E-state index contributed by atoms with van der Waals surface area (Å²) in [4.78, 5) is 15.6. The summed E-state index contributed by atoms with van der Waals surface area (Å²) in [5.74, 6) is 1.99. The van der Waals surface area contributed by atoms with Gasteiger partial charge in [0.2, 0.25) is 0 Å². The van der Waals surface area contributed by atoms with E-state index < -0.39 is 0 Å². The quantitative estimate of drug-likeness (QED) is 0.198. The molecule has 42 heavy (non-hydrogen) atoms. The number of nitrogens with one attached hydrogen (secondary N) is 1. The minimum atomic E-state index is -0.258. The Balaban J connectivity index is 1.87. The van der Waals surface area contributed by atoms with Crippen molar-refractivity contribution in [1.82, 2.24) is 15.4 Å². The first-order valence-corrected chi connectivity index (χ1v) is 15.7. The normalized spacial score (nSPS) is 13.3. The van der Waals surface area contributed by atoms with Gasteiger partial charge in [0.15, 0.2) is 11.5 Å². The fourth-order valence-electron chi connectivity index (χ4n) is 5.39. The van der Waals surface area contributed by atoms with E-state index in [9.17, 15) is 4.79 Å². The van der Waals surface area contributed by atoms with Crippen LogP contribution in [0.2, 0.25) is 0 Å². The van der Waals surface area contributed by atoms with E-state index in [1.54, 1.807) is 0 Å². The van der Waals surface area contributed by atoms with Crippen LogP contribution in [0.3, 0.4) is 0 Å². The van der Waals surface area contributed by atoms with Crippen LogP contribution < -0.4 is 20.5 Å². The molecule has 0 radical (unpaired) electrons. The van der Waals surface area contributed by atoms with Crippen LogP contribution in [0.4, 0.5) is 0 Å². The van der Waals surface area contributed by atoms with Gasteiger partial charge in [-0.25, -0.2) is 0 Å². The van der Waals surface area contributed by atoms with Crippen LogP contribution in [0.1, 0.15) is 93.4 Å². The molecule has 228 valence electrons. The minimum Gasteiger partial charge on any atom is -0.493 e. The molecule has 8 heteroatoms. The third-order valence-electron chi connectivity index (χ3n) is 7.77. The van der Waals surface area contributed by atoms with E-state index in [0.29, 0.717) is 43.4 Å². The zero-order chi connectivity index (χ0) is 30.1. The van der Waals surface area contributed by atoms with Gasteiger partial charge in [-0.3, -0.25) is 9.69 Å². The molecule has 3 N–H and O–H groups in total. The zero-order valence-corrected chi connectivity index (χ0v) is 26.1. The van der Waals surface area contributed by atoms with Crippen LogP contribution in [-0.4, -0.2) is 55.4 Å². The van der Waals surface area contributed by atoms with E-state index in [1.807, 2.05) is 13.0 Å². The zero-order valence-electron chi connectivity index (χ0n) is 26.1. The second-order valence-corrected chi connectivity index (χ2v) is 11.3. The molecule has 0 saturated heterocycles. The van der Waals surface area contributed by atoms with Crippen molar-refractivity contribution in [3.63, 3.8) is 0 Å². The van der Waals surface area contributed by atoms with Gasteiger partial charge in [0.05, 0.1) is 24.3 Å². The summed E-state index contributed by atoms with van der Waals surface area (Å²) in [5.41, 5.74) is 12.1. The molecule has 0 spiro atoms. The monoisotopic (exact) mass is 576 g/mol. The molecule has 4 rings (SSSR count). The van der Waals surface area contributed by atoms with E-state index in [-0.39, 0.29) is 17.5 Å². The maximum absolute atomic E-state index is 13.3. The summed E-state index contributed by atoms with van der Waals surface area (Å²) in [6.07, 6.45) is 4.91. The fourth-order valence-corrected chi connectivity index (χ4v) is 5.39. The molecule has 1 amide bonds. The fraction of sp³-hybridized carbons (Fsp3) is 0.529. The molecular weight excluding hydrogens is 528 g/mol. The lowest BCUT2D eigenvalue weighted by Crippen LogP contribution is -2.34. The summed E-state index contributed by atoms with van der Waals surface area (Å²) in [7, 11) is 0. The van der Waals surface area contributed by atoms with Gasteiger partial charge < -0.3 is 25.0 Å². The highest BCUT2D eigenvalue weighted by Crippen LogP contribution is 2.44. The Morgan fingerprint density at radius 3 is 2.45 bits per heavy atom. The number of carbonyl (C=O) groups is 1. The lowest BCUT2D eigenvalue weighted by atomic mass is 9.91. The SMILES string of the molecule is CCCCOc1cc(OCCCC)c(C(C)C)cc1-c1onc(C(=O)NCC)c1-c1ccc2c(c1)CCN(CCN)C2. The van der Waals surface area contributed by atoms with Crippen molar-refractivity contribution in [2.75, 3.05) is 39.4 Å². The Hall–Kier alpha value is -3.36. The molecule has 1 aromatic heterocycles. The van der Waals surface area contributed by atoms with Crippen molar-refractivity contribution >= 4 is 5.91 Å². The Bertz CT molecular complexity index is 1330. The number of nitrogens with zero attached hydrogens (tertiary/aromatic N) is 2. The Kier molecular flexibility index (Phi) is 11.4. The number of nitrogens with two attached hydrogens (primary N) is 1. The third-order valence-corrected chi connectivity index (χ3v) is 7.77. The first-order valence-electron chi connectivity index (χ1n) is 15.7. The van der Waals surface area contributed by atoms with E-state index in [2.05, 4.69) is 67.3 Å². The number of benzene rings is 2.